The Morgan fingerprint density at radius 2 is 1.72 bits per heavy atom. The molecule has 39 heavy (non-hydrogen) atoms. The van der Waals surface area contributed by atoms with Crippen LogP contribution in [0.1, 0.15) is 41.7 Å². The van der Waals surface area contributed by atoms with Crippen LogP contribution in [0.25, 0.3) is 11.1 Å². The summed E-state index contributed by atoms with van der Waals surface area (Å²) in [5.74, 6) is -0.400. The second-order valence-electron chi connectivity index (χ2n) is 10.9. The number of carboxylic acids is 1. The number of anilines is 2. The predicted molar refractivity (Wildman–Crippen MR) is 158 cm³/mol. The molecule has 3 N–H and O–H groups in total. The van der Waals surface area contributed by atoms with E-state index in [2.05, 4.69) is 66.6 Å². The molecule has 0 fully saturated rings. The number of hydrogen-bond donors (Lipinski definition) is 3. The lowest BCUT2D eigenvalue weighted by molar-refractivity contribution is -0.135. The van der Waals surface area contributed by atoms with Crippen molar-refractivity contribution in [2.24, 2.45) is 5.92 Å². The van der Waals surface area contributed by atoms with Crippen molar-refractivity contribution in [3.8, 4) is 11.1 Å². The molecule has 3 aromatic carbocycles. The maximum absolute atomic E-state index is 13.4. The molecule has 7 heteroatoms. The number of carboxylic acid groups (broad SMARTS) is 1. The first-order valence-corrected chi connectivity index (χ1v) is 13.7. The molecule has 0 saturated carbocycles. The summed E-state index contributed by atoms with van der Waals surface area (Å²) in [6.07, 6.45) is 0. The number of nitrogens with zero attached hydrogens (tertiary/aromatic N) is 2. The minimum Gasteiger partial charge on any atom is -0.480 e. The second kappa shape index (κ2) is 12.5. The molecule has 0 spiro atoms. The van der Waals surface area contributed by atoms with Gasteiger partial charge in [-0.2, -0.15) is 0 Å². The molecule has 0 atom stereocenters. The molecule has 2 amide bonds. The molecule has 0 saturated heterocycles. The maximum Gasteiger partial charge on any atom is 0.326 e. The summed E-state index contributed by atoms with van der Waals surface area (Å²) in [5.41, 5.74) is 9.63. The Morgan fingerprint density at radius 1 is 1.03 bits per heavy atom. The number of carbonyl (C=O) groups excluding carboxylic acids is 1. The highest BCUT2D eigenvalue weighted by molar-refractivity contribution is 6.04. The van der Waals surface area contributed by atoms with E-state index in [1.807, 2.05) is 43.0 Å². The van der Waals surface area contributed by atoms with E-state index in [1.54, 1.807) is 0 Å². The zero-order valence-electron chi connectivity index (χ0n) is 23.7. The Labute approximate surface area is 231 Å². The van der Waals surface area contributed by atoms with Crippen LogP contribution < -0.4 is 15.5 Å². The minimum atomic E-state index is -0.854. The standard InChI is InChI=1S/C32H40N4O3/c1-21(2)19-35(14-13-33-18-30(37)38)20-25-15-27(26-12-7-6-9-22(26)3)28-17-34-32(39)36(29(28)16-25)31-23(4)10-8-11-24(31)5/h6-12,15-16,21,33H,13-14,17-20H2,1-5H3,(H,34,39)(H,37,38). The van der Waals surface area contributed by atoms with Crippen molar-refractivity contribution in [2.75, 3.05) is 31.1 Å². The van der Waals surface area contributed by atoms with Crippen molar-refractivity contribution in [1.29, 1.82) is 0 Å². The number of amides is 2. The topological polar surface area (TPSA) is 84.9 Å². The Hall–Kier alpha value is -3.68. The lowest BCUT2D eigenvalue weighted by Gasteiger charge is -2.34. The molecule has 206 valence electrons. The monoisotopic (exact) mass is 528 g/mol. The normalized spacial score (nSPS) is 13.1. The van der Waals surface area contributed by atoms with Crippen molar-refractivity contribution in [3.63, 3.8) is 0 Å². The summed E-state index contributed by atoms with van der Waals surface area (Å²) < 4.78 is 0. The van der Waals surface area contributed by atoms with Gasteiger partial charge in [0.15, 0.2) is 0 Å². The summed E-state index contributed by atoms with van der Waals surface area (Å²) in [6.45, 7) is 13.9. The van der Waals surface area contributed by atoms with Gasteiger partial charge in [0.2, 0.25) is 0 Å². The average Bonchev–Trinajstić information content (AvgIpc) is 2.87. The highest BCUT2D eigenvalue weighted by atomic mass is 16.4. The zero-order chi connectivity index (χ0) is 28.1. The minimum absolute atomic E-state index is 0.0500. The molecule has 1 heterocycles. The van der Waals surface area contributed by atoms with Crippen molar-refractivity contribution >= 4 is 23.4 Å². The van der Waals surface area contributed by atoms with E-state index >= 15 is 0 Å². The number of rotatable bonds is 11. The lowest BCUT2D eigenvalue weighted by atomic mass is 9.91. The van der Waals surface area contributed by atoms with Crippen LogP contribution in [-0.4, -0.2) is 48.2 Å². The largest absolute Gasteiger partial charge is 0.480 e. The van der Waals surface area contributed by atoms with E-state index in [1.165, 1.54) is 5.56 Å². The number of aryl methyl sites for hydroxylation is 3. The van der Waals surface area contributed by atoms with Crippen LogP contribution in [0, 0.1) is 26.7 Å². The van der Waals surface area contributed by atoms with Crippen molar-refractivity contribution in [2.45, 2.75) is 47.7 Å². The fraction of sp³-hybridized carbons (Fsp3) is 0.375. The van der Waals surface area contributed by atoms with Crippen LogP contribution in [0.5, 0.6) is 0 Å². The molecule has 0 unspecified atom stereocenters. The number of aliphatic carboxylic acids is 1. The lowest BCUT2D eigenvalue weighted by Crippen LogP contribution is -2.42. The van der Waals surface area contributed by atoms with E-state index in [-0.39, 0.29) is 12.6 Å². The van der Waals surface area contributed by atoms with Crippen LogP contribution >= 0.6 is 0 Å². The van der Waals surface area contributed by atoms with Gasteiger partial charge in [0, 0.05) is 38.3 Å². The smallest absolute Gasteiger partial charge is 0.326 e. The number of para-hydroxylation sites is 1. The Morgan fingerprint density at radius 3 is 2.38 bits per heavy atom. The zero-order valence-corrected chi connectivity index (χ0v) is 23.7. The fourth-order valence-electron chi connectivity index (χ4n) is 5.48. The molecule has 0 aromatic heterocycles. The van der Waals surface area contributed by atoms with Crippen LogP contribution in [0.4, 0.5) is 16.2 Å². The van der Waals surface area contributed by atoms with Gasteiger partial charge in [-0.05, 0) is 72.2 Å². The molecule has 4 rings (SSSR count). The SMILES string of the molecule is Cc1ccccc1-c1cc(CN(CCNCC(=O)O)CC(C)C)cc2c1CNC(=O)N2c1c(C)cccc1C. The summed E-state index contributed by atoms with van der Waals surface area (Å²) in [6, 6.07) is 18.8. The number of fused-ring (bicyclic) bond motifs is 1. The van der Waals surface area contributed by atoms with Gasteiger partial charge in [0.25, 0.3) is 0 Å². The molecule has 1 aliphatic heterocycles. The van der Waals surface area contributed by atoms with Crippen LogP contribution in [-0.2, 0) is 17.9 Å². The van der Waals surface area contributed by atoms with Gasteiger partial charge < -0.3 is 15.7 Å². The van der Waals surface area contributed by atoms with Crippen molar-refractivity contribution < 1.29 is 14.7 Å². The third-order valence-electron chi connectivity index (χ3n) is 7.16. The summed E-state index contributed by atoms with van der Waals surface area (Å²) in [7, 11) is 0. The van der Waals surface area contributed by atoms with Crippen molar-refractivity contribution in [3.05, 3.63) is 82.4 Å². The maximum atomic E-state index is 13.4. The molecule has 0 radical (unpaired) electrons. The van der Waals surface area contributed by atoms with E-state index in [0.717, 1.165) is 57.8 Å². The highest BCUT2D eigenvalue weighted by Crippen LogP contribution is 2.41. The number of benzene rings is 3. The molecular weight excluding hydrogens is 488 g/mol. The van der Waals surface area contributed by atoms with Gasteiger partial charge in [0.05, 0.1) is 17.9 Å². The number of carbonyl (C=O) groups is 2. The predicted octanol–water partition coefficient (Wildman–Crippen LogP) is 5.77. The van der Waals surface area contributed by atoms with Crippen LogP contribution in [0.2, 0.25) is 0 Å². The van der Waals surface area contributed by atoms with Gasteiger partial charge in [-0.15, -0.1) is 0 Å². The summed E-state index contributed by atoms with van der Waals surface area (Å²) in [4.78, 5) is 28.6. The number of hydrogen-bond acceptors (Lipinski definition) is 4. The summed E-state index contributed by atoms with van der Waals surface area (Å²) >= 11 is 0. The molecule has 0 bridgehead atoms. The third kappa shape index (κ3) is 6.67. The van der Waals surface area contributed by atoms with Crippen LogP contribution in [0.15, 0.2) is 54.6 Å². The third-order valence-corrected chi connectivity index (χ3v) is 7.16. The first-order valence-electron chi connectivity index (χ1n) is 13.7. The first kappa shape index (κ1) is 28.3. The van der Waals surface area contributed by atoms with Crippen molar-refractivity contribution in [1.82, 2.24) is 15.5 Å². The van der Waals surface area contributed by atoms with Gasteiger partial charge in [-0.1, -0.05) is 56.3 Å². The molecule has 1 aliphatic rings. The number of nitrogens with one attached hydrogen (secondary N) is 2. The molecule has 0 aliphatic carbocycles. The number of urea groups is 1. The van der Waals surface area contributed by atoms with E-state index in [9.17, 15) is 9.59 Å². The van der Waals surface area contributed by atoms with Gasteiger partial charge in [-0.25, -0.2) is 4.79 Å². The average molecular weight is 529 g/mol. The van der Waals surface area contributed by atoms with E-state index in [4.69, 9.17) is 5.11 Å². The highest BCUT2D eigenvalue weighted by Gasteiger charge is 2.30. The van der Waals surface area contributed by atoms with Gasteiger partial charge in [-0.3, -0.25) is 14.6 Å². The van der Waals surface area contributed by atoms with Gasteiger partial charge >= 0.3 is 12.0 Å². The van der Waals surface area contributed by atoms with E-state index < -0.39 is 5.97 Å². The summed E-state index contributed by atoms with van der Waals surface area (Å²) in [5, 5.41) is 15.1. The quantitative estimate of drug-likeness (QED) is 0.275. The van der Waals surface area contributed by atoms with E-state index in [0.29, 0.717) is 25.6 Å². The molecular formula is C32H40N4O3. The Bertz CT molecular complexity index is 1330. The fourth-order valence-corrected chi connectivity index (χ4v) is 5.48. The Kier molecular flexibility index (Phi) is 9.04. The Balaban J connectivity index is 1.82. The van der Waals surface area contributed by atoms with Gasteiger partial charge in [0.1, 0.15) is 0 Å². The molecule has 3 aromatic rings. The second-order valence-corrected chi connectivity index (χ2v) is 10.9. The van der Waals surface area contributed by atoms with Crippen LogP contribution in [0.3, 0.4) is 0 Å². The first-order chi connectivity index (χ1) is 18.7. The molecule has 7 nitrogen and oxygen atoms in total.